The van der Waals surface area contributed by atoms with Crippen molar-refractivity contribution in [3.8, 4) is 11.5 Å². The maximum absolute atomic E-state index is 12.4. The van der Waals surface area contributed by atoms with Crippen LogP contribution >= 0.6 is 15.9 Å². The molecule has 1 aromatic carbocycles. The molecular formula is C15H21BrN2O3. The zero-order valence-electron chi connectivity index (χ0n) is 12.5. The Hall–Kier alpha value is -1.27. The molecule has 21 heavy (non-hydrogen) atoms. The third kappa shape index (κ3) is 3.89. The van der Waals surface area contributed by atoms with E-state index in [1.807, 2.05) is 0 Å². The van der Waals surface area contributed by atoms with Crippen LogP contribution in [-0.2, 0) is 0 Å². The molecule has 2 N–H and O–H groups in total. The molecule has 2 rings (SSSR count). The van der Waals surface area contributed by atoms with E-state index in [0.29, 0.717) is 27.6 Å². The van der Waals surface area contributed by atoms with Crippen molar-refractivity contribution in [1.29, 1.82) is 0 Å². The predicted octanol–water partition coefficient (Wildman–Crippen LogP) is 2.34. The summed E-state index contributed by atoms with van der Waals surface area (Å²) in [6.07, 6.45) is 1.89. The summed E-state index contributed by atoms with van der Waals surface area (Å²) < 4.78 is 11.2. The fraction of sp³-hybridized carbons (Fsp3) is 0.533. The van der Waals surface area contributed by atoms with Gasteiger partial charge in [0.25, 0.3) is 5.91 Å². The Morgan fingerprint density at radius 2 is 1.95 bits per heavy atom. The first-order valence-corrected chi connectivity index (χ1v) is 7.80. The van der Waals surface area contributed by atoms with Crippen LogP contribution in [0.25, 0.3) is 0 Å². The molecule has 1 saturated heterocycles. The average molecular weight is 357 g/mol. The van der Waals surface area contributed by atoms with E-state index in [9.17, 15) is 4.79 Å². The molecule has 2 atom stereocenters. The summed E-state index contributed by atoms with van der Waals surface area (Å²) in [5.41, 5.74) is 0.540. The minimum Gasteiger partial charge on any atom is -0.495 e. The first-order chi connectivity index (χ1) is 10.0. The van der Waals surface area contributed by atoms with Crippen LogP contribution in [0.1, 0.15) is 30.1 Å². The summed E-state index contributed by atoms with van der Waals surface area (Å²) in [5.74, 6) is 1.06. The van der Waals surface area contributed by atoms with Crippen LogP contribution in [0.5, 0.6) is 11.5 Å². The summed E-state index contributed by atoms with van der Waals surface area (Å²) in [7, 11) is 3.13. The quantitative estimate of drug-likeness (QED) is 0.869. The third-order valence-electron chi connectivity index (χ3n) is 3.67. The number of carbonyl (C=O) groups is 1. The number of amides is 1. The molecule has 0 aliphatic carbocycles. The molecule has 2 unspecified atom stereocenters. The highest BCUT2D eigenvalue weighted by molar-refractivity contribution is 9.10. The van der Waals surface area contributed by atoms with Crippen LogP contribution in [0.15, 0.2) is 16.6 Å². The van der Waals surface area contributed by atoms with Crippen LogP contribution in [0.3, 0.4) is 0 Å². The van der Waals surface area contributed by atoms with Gasteiger partial charge in [0.1, 0.15) is 16.0 Å². The van der Waals surface area contributed by atoms with Gasteiger partial charge in [0.2, 0.25) is 0 Å². The van der Waals surface area contributed by atoms with Crippen LogP contribution < -0.4 is 20.1 Å². The zero-order chi connectivity index (χ0) is 15.4. The summed E-state index contributed by atoms with van der Waals surface area (Å²) in [5, 5.41) is 6.45. The number of methoxy groups -OCH3 is 2. The lowest BCUT2D eigenvalue weighted by Gasteiger charge is -2.28. The van der Waals surface area contributed by atoms with Crippen LogP contribution in [0, 0.1) is 0 Å². The standard InChI is InChI=1S/C15H21BrN2O3/c1-9-6-11(4-5-17-9)18-15(19)10-7-12(20-2)14(16)13(8-10)21-3/h7-9,11,17H,4-6H2,1-3H3,(H,18,19). The molecule has 0 radical (unpaired) electrons. The summed E-state index contributed by atoms with van der Waals surface area (Å²) in [6, 6.07) is 4.06. The van der Waals surface area contributed by atoms with Gasteiger partial charge in [0.05, 0.1) is 14.2 Å². The highest BCUT2D eigenvalue weighted by Gasteiger charge is 2.21. The predicted molar refractivity (Wildman–Crippen MR) is 85.2 cm³/mol. The van der Waals surface area contributed by atoms with Gasteiger partial charge >= 0.3 is 0 Å². The highest BCUT2D eigenvalue weighted by atomic mass is 79.9. The van der Waals surface area contributed by atoms with E-state index in [4.69, 9.17) is 9.47 Å². The number of benzene rings is 1. The average Bonchev–Trinajstić information content (AvgIpc) is 2.47. The Kier molecular flexibility index (Phi) is 5.47. The van der Waals surface area contributed by atoms with E-state index in [1.165, 1.54) is 0 Å². The van der Waals surface area contributed by atoms with Crippen LogP contribution in [0.2, 0.25) is 0 Å². The molecule has 6 heteroatoms. The molecule has 0 aromatic heterocycles. The van der Waals surface area contributed by atoms with E-state index in [2.05, 4.69) is 33.5 Å². The first-order valence-electron chi connectivity index (χ1n) is 7.01. The Morgan fingerprint density at radius 1 is 1.33 bits per heavy atom. The fourth-order valence-electron chi connectivity index (χ4n) is 2.53. The molecule has 0 spiro atoms. The van der Waals surface area contributed by atoms with E-state index >= 15 is 0 Å². The van der Waals surface area contributed by atoms with Gasteiger partial charge in [-0.15, -0.1) is 0 Å². The maximum atomic E-state index is 12.4. The van der Waals surface area contributed by atoms with Crippen molar-refractivity contribution >= 4 is 21.8 Å². The second-order valence-electron chi connectivity index (χ2n) is 5.24. The molecule has 1 aliphatic heterocycles. The van der Waals surface area contributed by atoms with Gasteiger partial charge in [-0.05, 0) is 54.4 Å². The van der Waals surface area contributed by atoms with Gasteiger partial charge in [-0.25, -0.2) is 0 Å². The second kappa shape index (κ2) is 7.13. The van der Waals surface area contributed by atoms with Crippen molar-refractivity contribution in [1.82, 2.24) is 10.6 Å². The minimum absolute atomic E-state index is 0.0989. The number of nitrogens with one attached hydrogen (secondary N) is 2. The second-order valence-corrected chi connectivity index (χ2v) is 6.04. The maximum Gasteiger partial charge on any atom is 0.251 e. The molecule has 5 nitrogen and oxygen atoms in total. The molecular weight excluding hydrogens is 336 g/mol. The number of halogens is 1. The molecule has 0 bridgehead atoms. The van der Waals surface area contributed by atoms with Gasteiger partial charge in [-0.2, -0.15) is 0 Å². The van der Waals surface area contributed by atoms with Crippen molar-refractivity contribution in [3.63, 3.8) is 0 Å². The number of hydrogen-bond donors (Lipinski definition) is 2. The molecule has 1 aromatic rings. The molecule has 1 amide bonds. The van der Waals surface area contributed by atoms with Gasteiger partial charge < -0.3 is 20.1 Å². The summed E-state index contributed by atoms with van der Waals surface area (Å²) >= 11 is 3.40. The summed E-state index contributed by atoms with van der Waals surface area (Å²) in [4.78, 5) is 12.4. The first kappa shape index (κ1) is 16.1. The smallest absolute Gasteiger partial charge is 0.251 e. The number of carbonyl (C=O) groups excluding carboxylic acids is 1. The lowest BCUT2D eigenvalue weighted by molar-refractivity contribution is 0.0925. The number of piperidine rings is 1. The number of rotatable bonds is 4. The highest BCUT2D eigenvalue weighted by Crippen LogP contribution is 2.35. The molecule has 1 fully saturated rings. The molecule has 0 saturated carbocycles. The van der Waals surface area contributed by atoms with Crippen molar-refractivity contribution < 1.29 is 14.3 Å². The summed E-state index contributed by atoms with van der Waals surface area (Å²) in [6.45, 7) is 3.06. The van der Waals surface area contributed by atoms with Gasteiger partial charge in [-0.3, -0.25) is 4.79 Å². The SMILES string of the molecule is COc1cc(C(=O)NC2CCNC(C)C2)cc(OC)c1Br. The van der Waals surface area contributed by atoms with Gasteiger partial charge in [-0.1, -0.05) is 0 Å². The normalized spacial score (nSPS) is 21.7. The Morgan fingerprint density at radius 3 is 2.48 bits per heavy atom. The van der Waals surface area contributed by atoms with Crippen molar-refractivity contribution in [3.05, 3.63) is 22.2 Å². The number of hydrogen-bond acceptors (Lipinski definition) is 4. The van der Waals surface area contributed by atoms with E-state index < -0.39 is 0 Å². The van der Waals surface area contributed by atoms with E-state index in [1.54, 1.807) is 26.4 Å². The molecule has 116 valence electrons. The van der Waals surface area contributed by atoms with Crippen LogP contribution in [-0.4, -0.2) is 38.8 Å². The fourth-order valence-corrected chi connectivity index (χ4v) is 3.08. The third-order valence-corrected chi connectivity index (χ3v) is 4.45. The molecule has 1 heterocycles. The van der Waals surface area contributed by atoms with Crippen molar-refractivity contribution in [2.24, 2.45) is 0 Å². The van der Waals surface area contributed by atoms with Gasteiger partial charge in [0, 0.05) is 17.6 Å². The number of ether oxygens (including phenoxy) is 2. The largest absolute Gasteiger partial charge is 0.495 e. The molecule has 1 aliphatic rings. The zero-order valence-corrected chi connectivity index (χ0v) is 14.1. The lowest BCUT2D eigenvalue weighted by Crippen LogP contribution is -2.46. The van der Waals surface area contributed by atoms with E-state index in [0.717, 1.165) is 19.4 Å². The van der Waals surface area contributed by atoms with Gasteiger partial charge in [0.15, 0.2) is 0 Å². The van der Waals surface area contributed by atoms with Crippen molar-refractivity contribution in [2.75, 3.05) is 20.8 Å². The lowest BCUT2D eigenvalue weighted by atomic mass is 10.00. The minimum atomic E-state index is -0.0989. The Balaban J connectivity index is 2.15. The topological polar surface area (TPSA) is 59.6 Å². The van der Waals surface area contributed by atoms with Crippen molar-refractivity contribution in [2.45, 2.75) is 31.8 Å². The monoisotopic (exact) mass is 356 g/mol. The van der Waals surface area contributed by atoms with E-state index in [-0.39, 0.29) is 11.9 Å². The van der Waals surface area contributed by atoms with Crippen LogP contribution in [0.4, 0.5) is 0 Å². The Labute approximate surface area is 133 Å². The Bertz CT molecular complexity index is 497.